The Balaban J connectivity index is 1.48. The van der Waals surface area contributed by atoms with E-state index >= 15 is 0 Å². The molecule has 0 radical (unpaired) electrons. The molecule has 1 aromatic carbocycles. The number of rotatable bonds is 4. The van der Waals surface area contributed by atoms with Crippen LogP contribution in [0.15, 0.2) is 30.3 Å². The third kappa shape index (κ3) is 4.22. The summed E-state index contributed by atoms with van der Waals surface area (Å²) in [5.74, 6) is -0.364. The molecular weight excluding hydrogens is 334 g/mol. The van der Waals surface area contributed by atoms with Gasteiger partial charge in [-0.3, -0.25) is 14.4 Å². The van der Waals surface area contributed by atoms with Crippen LogP contribution in [-0.4, -0.2) is 72.5 Å². The predicted octanol–water partition coefficient (Wildman–Crippen LogP) is 0.655. The molecule has 3 amide bonds. The van der Waals surface area contributed by atoms with Gasteiger partial charge in [-0.1, -0.05) is 18.2 Å². The molecule has 7 heteroatoms. The molecule has 1 N–H and O–H groups in total. The van der Waals surface area contributed by atoms with Crippen molar-refractivity contribution in [3.05, 3.63) is 35.9 Å². The highest BCUT2D eigenvalue weighted by Gasteiger charge is 2.32. The largest absolute Gasteiger partial charge is 0.368 e. The summed E-state index contributed by atoms with van der Waals surface area (Å²) in [6, 6.07) is 8.22. The summed E-state index contributed by atoms with van der Waals surface area (Å²) in [7, 11) is 0. The number of amides is 3. The molecule has 3 rings (SSSR count). The summed E-state index contributed by atoms with van der Waals surface area (Å²) in [4.78, 5) is 40.6. The van der Waals surface area contributed by atoms with Gasteiger partial charge in [0.25, 0.3) is 11.8 Å². The van der Waals surface area contributed by atoms with Crippen molar-refractivity contribution in [2.45, 2.75) is 31.9 Å². The first-order chi connectivity index (χ1) is 12.6. The first kappa shape index (κ1) is 18.4. The van der Waals surface area contributed by atoms with Gasteiger partial charge in [-0.15, -0.1) is 0 Å². The summed E-state index contributed by atoms with van der Waals surface area (Å²) >= 11 is 0. The molecule has 2 fully saturated rings. The minimum Gasteiger partial charge on any atom is -0.368 e. The monoisotopic (exact) mass is 359 g/mol. The minimum atomic E-state index is -0.608. The number of nitrogens with zero attached hydrogens (tertiary/aromatic N) is 2. The molecule has 7 nitrogen and oxygen atoms in total. The fraction of sp³-hybridized carbons (Fsp3) is 0.526. The van der Waals surface area contributed by atoms with Gasteiger partial charge in [0.1, 0.15) is 12.1 Å². The van der Waals surface area contributed by atoms with Gasteiger partial charge in [-0.2, -0.15) is 0 Å². The number of benzene rings is 1. The van der Waals surface area contributed by atoms with Gasteiger partial charge in [0, 0.05) is 38.3 Å². The lowest BCUT2D eigenvalue weighted by molar-refractivity contribution is -0.146. The quantitative estimate of drug-likeness (QED) is 0.856. The highest BCUT2D eigenvalue weighted by molar-refractivity contribution is 5.97. The Morgan fingerprint density at radius 3 is 2.35 bits per heavy atom. The topological polar surface area (TPSA) is 79.0 Å². The second-order valence-electron chi connectivity index (χ2n) is 6.71. The number of carbonyl (C=O) groups is 3. The van der Waals surface area contributed by atoms with Crippen molar-refractivity contribution >= 4 is 17.7 Å². The van der Waals surface area contributed by atoms with Gasteiger partial charge in [0.15, 0.2) is 0 Å². The maximum Gasteiger partial charge on any atom is 0.251 e. The maximum absolute atomic E-state index is 12.6. The van der Waals surface area contributed by atoms with Crippen LogP contribution < -0.4 is 5.32 Å². The van der Waals surface area contributed by atoms with E-state index in [1.807, 2.05) is 6.07 Å². The summed E-state index contributed by atoms with van der Waals surface area (Å²) < 4.78 is 5.45. The fourth-order valence-electron chi connectivity index (χ4n) is 3.33. The standard InChI is InChI=1S/C19H25N3O4/c1-14(20-17(23)15-6-3-2-4-7-15)18(24)21-9-11-22(12-10-21)19(25)16-8-5-13-26-16/h2-4,6-7,14,16H,5,8-13H2,1H3,(H,20,23). The van der Waals surface area contributed by atoms with E-state index in [2.05, 4.69) is 5.32 Å². The Morgan fingerprint density at radius 2 is 1.73 bits per heavy atom. The Bertz CT molecular complexity index is 650. The van der Waals surface area contributed by atoms with E-state index in [4.69, 9.17) is 4.74 Å². The van der Waals surface area contributed by atoms with Crippen LogP contribution in [0.1, 0.15) is 30.1 Å². The number of carbonyl (C=O) groups excluding carboxylic acids is 3. The molecule has 2 heterocycles. The molecule has 0 aromatic heterocycles. The highest BCUT2D eigenvalue weighted by atomic mass is 16.5. The van der Waals surface area contributed by atoms with Gasteiger partial charge < -0.3 is 19.9 Å². The lowest BCUT2D eigenvalue weighted by atomic mass is 10.1. The molecule has 2 saturated heterocycles. The molecule has 0 spiro atoms. The number of hydrogen-bond donors (Lipinski definition) is 1. The molecule has 140 valence electrons. The van der Waals surface area contributed by atoms with Crippen molar-refractivity contribution in [1.29, 1.82) is 0 Å². The summed E-state index contributed by atoms with van der Waals surface area (Å²) in [6.45, 7) is 4.29. The predicted molar refractivity (Wildman–Crippen MR) is 95.5 cm³/mol. The molecule has 2 atom stereocenters. The number of nitrogens with one attached hydrogen (secondary N) is 1. The van der Waals surface area contributed by atoms with Crippen molar-refractivity contribution in [2.24, 2.45) is 0 Å². The second-order valence-corrected chi connectivity index (χ2v) is 6.71. The van der Waals surface area contributed by atoms with Crippen LogP contribution in [0.4, 0.5) is 0 Å². The minimum absolute atomic E-state index is 0.0278. The summed E-state index contributed by atoms with van der Waals surface area (Å²) in [5, 5.41) is 2.74. The molecule has 2 unspecified atom stereocenters. The van der Waals surface area contributed by atoms with Crippen LogP contribution in [0, 0.1) is 0 Å². The van der Waals surface area contributed by atoms with E-state index in [-0.39, 0.29) is 23.8 Å². The zero-order chi connectivity index (χ0) is 18.5. The lowest BCUT2D eigenvalue weighted by Gasteiger charge is -2.36. The summed E-state index contributed by atoms with van der Waals surface area (Å²) in [6.07, 6.45) is 1.38. The third-order valence-corrected chi connectivity index (χ3v) is 4.86. The van der Waals surface area contributed by atoms with Crippen molar-refractivity contribution in [3.63, 3.8) is 0 Å². The van der Waals surface area contributed by atoms with E-state index < -0.39 is 6.04 Å². The molecule has 26 heavy (non-hydrogen) atoms. The van der Waals surface area contributed by atoms with Gasteiger partial charge in [0.2, 0.25) is 5.91 Å². The van der Waals surface area contributed by atoms with E-state index in [1.165, 1.54) is 0 Å². The van der Waals surface area contributed by atoms with Crippen LogP contribution in [0.3, 0.4) is 0 Å². The second kappa shape index (κ2) is 8.31. The average molecular weight is 359 g/mol. The lowest BCUT2D eigenvalue weighted by Crippen LogP contribution is -2.56. The smallest absolute Gasteiger partial charge is 0.251 e. The van der Waals surface area contributed by atoms with Crippen LogP contribution in [0.5, 0.6) is 0 Å². The Labute approximate surface area is 153 Å². The van der Waals surface area contributed by atoms with Crippen LogP contribution >= 0.6 is 0 Å². The summed E-state index contributed by atoms with van der Waals surface area (Å²) in [5.41, 5.74) is 0.527. The van der Waals surface area contributed by atoms with Crippen molar-refractivity contribution < 1.29 is 19.1 Å². The van der Waals surface area contributed by atoms with E-state index in [1.54, 1.807) is 41.0 Å². The molecule has 0 saturated carbocycles. The van der Waals surface area contributed by atoms with Crippen molar-refractivity contribution in [3.8, 4) is 0 Å². The first-order valence-corrected chi connectivity index (χ1v) is 9.11. The zero-order valence-electron chi connectivity index (χ0n) is 15.0. The zero-order valence-corrected chi connectivity index (χ0v) is 15.0. The van der Waals surface area contributed by atoms with E-state index in [9.17, 15) is 14.4 Å². The van der Waals surface area contributed by atoms with Crippen LogP contribution in [-0.2, 0) is 14.3 Å². The van der Waals surface area contributed by atoms with Gasteiger partial charge in [-0.05, 0) is 31.9 Å². The number of hydrogen-bond acceptors (Lipinski definition) is 4. The van der Waals surface area contributed by atoms with Crippen LogP contribution in [0.25, 0.3) is 0 Å². The highest BCUT2D eigenvalue weighted by Crippen LogP contribution is 2.16. The van der Waals surface area contributed by atoms with Crippen molar-refractivity contribution in [1.82, 2.24) is 15.1 Å². The van der Waals surface area contributed by atoms with Crippen molar-refractivity contribution in [2.75, 3.05) is 32.8 Å². The van der Waals surface area contributed by atoms with Gasteiger partial charge in [0.05, 0.1) is 0 Å². The molecule has 1 aromatic rings. The SMILES string of the molecule is CC(NC(=O)c1ccccc1)C(=O)N1CCN(C(=O)C2CCCO2)CC1. The number of ether oxygens (including phenoxy) is 1. The van der Waals surface area contributed by atoms with Crippen LogP contribution in [0.2, 0.25) is 0 Å². The van der Waals surface area contributed by atoms with E-state index in [0.29, 0.717) is 38.3 Å². The average Bonchev–Trinajstić information content (AvgIpc) is 3.22. The van der Waals surface area contributed by atoms with Gasteiger partial charge >= 0.3 is 0 Å². The van der Waals surface area contributed by atoms with E-state index in [0.717, 1.165) is 12.8 Å². The fourth-order valence-corrected chi connectivity index (χ4v) is 3.33. The van der Waals surface area contributed by atoms with Gasteiger partial charge in [-0.25, -0.2) is 0 Å². The molecular formula is C19H25N3O4. The first-order valence-electron chi connectivity index (χ1n) is 9.11. The molecule has 2 aliphatic rings. The third-order valence-electron chi connectivity index (χ3n) is 4.86. The molecule has 0 aliphatic carbocycles. The Hall–Kier alpha value is -2.41. The maximum atomic E-state index is 12.6. The molecule has 2 aliphatic heterocycles. The normalized spacial score (nSPS) is 21.3. The Kier molecular flexibility index (Phi) is 5.88. The molecule has 0 bridgehead atoms. The Morgan fingerprint density at radius 1 is 1.08 bits per heavy atom. The number of piperazine rings is 1.